The van der Waals surface area contributed by atoms with Crippen LogP contribution in [-0.2, 0) is 0 Å². The summed E-state index contributed by atoms with van der Waals surface area (Å²) in [6, 6.07) is 16.7. The molecule has 0 aromatic heterocycles. The number of hydrogen-bond donors (Lipinski definition) is 0. The van der Waals surface area contributed by atoms with Crippen LogP contribution < -0.4 is 4.74 Å². The van der Waals surface area contributed by atoms with Crippen LogP contribution in [0.25, 0.3) is 11.1 Å². The third-order valence-electron chi connectivity index (χ3n) is 2.70. The number of ether oxygens (including phenoxy) is 1. The molecule has 0 spiro atoms. The van der Waals surface area contributed by atoms with Gasteiger partial charge >= 0.3 is 0 Å². The average molecular weight is 240 g/mol. The van der Waals surface area contributed by atoms with Crippen molar-refractivity contribution in [1.29, 1.82) is 0 Å². The van der Waals surface area contributed by atoms with Crippen LogP contribution in [0.4, 0.5) is 0 Å². The van der Waals surface area contributed by atoms with Crippen LogP contribution in [-0.4, -0.2) is 5.60 Å². The normalized spacial score (nSPS) is 11.3. The van der Waals surface area contributed by atoms with Gasteiger partial charge in [-0.15, -0.1) is 0 Å². The van der Waals surface area contributed by atoms with E-state index in [9.17, 15) is 0 Å². The summed E-state index contributed by atoms with van der Waals surface area (Å²) in [5.41, 5.74) is 3.34. The van der Waals surface area contributed by atoms with Crippen molar-refractivity contribution in [2.24, 2.45) is 0 Å². The molecule has 0 aliphatic heterocycles. The molecule has 0 aliphatic carbocycles. The third-order valence-corrected chi connectivity index (χ3v) is 2.70. The number of para-hydroxylation sites is 1. The first-order valence-electron chi connectivity index (χ1n) is 6.31. The zero-order valence-corrected chi connectivity index (χ0v) is 11.5. The molecule has 0 heterocycles. The fourth-order valence-electron chi connectivity index (χ4n) is 1.94. The first kappa shape index (κ1) is 12.7. The van der Waals surface area contributed by atoms with Crippen LogP contribution in [0.5, 0.6) is 5.75 Å². The zero-order chi connectivity index (χ0) is 13.2. The van der Waals surface area contributed by atoms with Gasteiger partial charge in [-0.2, -0.15) is 0 Å². The molecule has 1 heteroatoms. The van der Waals surface area contributed by atoms with Crippen molar-refractivity contribution in [3.8, 4) is 16.9 Å². The highest BCUT2D eigenvalue weighted by atomic mass is 16.5. The summed E-state index contributed by atoms with van der Waals surface area (Å²) < 4.78 is 6.12. The summed E-state index contributed by atoms with van der Waals surface area (Å²) in [5, 5.41) is 0. The lowest BCUT2D eigenvalue weighted by Gasteiger charge is -2.25. The second-order valence-electron chi connectivity index (χ2n) is 5.53. The van der Waals surface area contributed by atoms with Crippen molar-refractivity contribution < 1.29 is 4.74 Å². The zero-order valence-electron chi connectivity index (χ0n) is 11.5. The van der Waals surface area contributed by atoms with E-state index in [1.807, 2.05) is 6.07 Å². The predicted octanol–water partition coefficient (Wildman–Crippen LogP) is 4.84. The van der Waals surface area contributed by atoms with E-state index < -0.39 is 0 Å². The topological polar surface area (TPSA) is 9.23 Å². The van der Waals surface area contributed by atoms with Gasteiger partial charge in [0.15, 0.2) is 0 Å². The fraction of sp³-hybridized carbons (Fsp3) is 0.294. The molecule has 94 valence electrons. The first-order valence-corrected chi connectivity index (χ1v) is 6.31. The maximum Gasteiger partial charge on any atom is 0.130 e. The van der Waals surface area contributed by atoms with Gasteiger partial charge < -0.3 is 4.74 Å². The minimum Gasteiger partial charge on any atom is -0.487 e. The first-order chi connectivity index (χ1) is 8.47. The lowest BCUT2D eigenvalue weighted by Crippen LogP contribution is -2.23. The molecule has 0 unspecified atom stereocenters. The highest BCUT2D eigenvalue weighted by Gasteiger charge is 2.17. The third kappa shape index (κ3) is 2.92. The van der Waals surface area contributed by atoms with Gasteiger partial charge in [-0.25, -0.2) is 0 Å². The van der Waals surface area contributed by atoms with Crippen molar-refractivity contribution in [1.82, 2.24) is 0 Å². The van der Waals surface area contributed by atoms with Gasteiger partial charge in [0, 0.05) is 5.56 Å². The van der Waals surface area contributed by atoms with E-state index in [1.54, 1.807) is 0 Å². The van der Waals surface area contributed by atoms with E-state index in [4.69, 9.17) is 4.74 Å². The number of rotatable bonds is 2. The molecule has 2 aromatic carbocycles. The monoisotopic (exact) mass is 240 g/mol. The van der Waals surface area contributed by atoms with E-state index in [0.717, 1.165) is 11.3 Å². The van der Waals surface area contributed by atoms with E-state index >= 15 is 0 Å². The molecular weight excluding hydrogens is 220 g/mol. The molecule has 0 atom stereocenters. The molecule has 0 saturated carbocycles. The van der Waals surface area contributed by atoms with Crippen LogP contribution in [0.3, 0.4) is 0 Å². The Morgan fingerprint density at radius 1 is 0.833 bits per heavy atom. The highest BCUT2D eigenvalue weighted by Crippen LogP contribution is 2.34. The quantitative estimate of drug-likeness (QED) is 0.730. The summed E-state index contributed by atoms with van der Waals surface area (Å²) in [4.78, 5) is 0. The molecule has 1 nitrogen and oxygen atoms in total. The van der Waals surface area contributed by atoms with Gasteiger partial charge in [0.2, 0.25) is 0 Å². The standard InChI is InChI=1S/C17H20O/c1-13-9-8-12-15(14-10-6-5-7-11-14)16(13)18-17(2,3)4/h5-12H,1-4H3. The summed E-state index contributed by atoms with van der Waals surface area (Å²) in [5.74, 6) is 0.983. The van der Waals surface area contributed by atoms with Crippen molar-refractivity contribution in [3.05, 3.63) is 54.1 Å². The Morgan fingerprint density at radius 3 is 2.11 bits per heavy atom. The van der Waals surface area contributed by atoms with Crippen molar-refractivity contribution >= 4 is 0 Å². The fourth-order valence-corrected chi connectivity index (χ4v) is 1.94. The average Bonchev–Trinajstić information content (AvgIpc) is 2.31. The molecule has 0 bridgehead atoms. The largest absolute Gasteiger partial charge is 0.487 e. The van der Waals surface area contributed by atoms with Crippen LogP contribution >= 0.6 is 0 Å². The molecule has 0 aliphatic rings. The lowest BCUT2D eigenvalue weighted by molar-refractivity contribution is 0.130. The minimum absolute atomic E-state index is 0.185. The smallest absolute Gasteiger partial charge is 0.130 e. The Kier molecular flexibility index (Phi) is 3.42. The highest BCUT2D eigenvalue weighted by molar-refractivity contribution is 5.72. The molecule has 2 aromatic rings. The maximum absolute atomic E-state index is 6.12. The minimum atomic E-state index is -0.185. The van der Waals surface area contributed by atoms with E-state index in [2.05, 4.69) is 70.2 Å². The molecule has 0 radical (unpaired) electrons. The van der Waals surface area contributed by atoms with Gasteiger partial charge in [-0.3, -0.25) is 0 Å². The van der Waals surface area contributed by atoms with Crippen molar-refractivity contribution in [2.75, 3.05) is 0 Å². The van der Waals surface area contributed by atoms with Gasteiger partial charge in [0.1, 0.15) is 11.4 Å². The molecule has 0 saturated heterocycles. The van der Waals surface area contributed by atoms with E-state index in [-0.39, 0.29) is 5.60 Å². The van der Waals surface area contributed by atoms with Crippen LogP contribution in [0, 0.1) is 6.92 Å². The van der Waals surface area contributed by atoms with Gasteiger partial charge in [-0.05, 0) is 38.8 Å². The van der Waals surface area contributed by atoms with Crippen LogP contribution in [0.15, 0.2) is 48.5 Å². The van der Waals surface area contributed by atoms with Crippen LogP contribution in [0.2, 0.25) is 0 Å². The molecule has 0 N–H and O–H groups in total. The van der Waals surface area contributed by atoms with E-state index in [1.165, 1.54) is 11.1 Å². The molecule has 0 amide bonds. The second kappa shape index (κ2) is 4.85. The van der Waals surface area contributed by atoms with Gasteiger partial charge in [0.25, 0.3) is 0 Å². The Hall–Kier alpha value is -1.76. The Labute approximate surface area is 109 Å². The lowest BCUT2D eigenvalue weighted by atomic mass is 10.0. The summed E-state index contributed by atoms with van der Waals surface area (Å²) in [6.45, 7) is 8.32. The predicted molar refractivity (Wildman–Crippen MR) is 77.0 cm³/mol. The number of hydrogen-bond acceptors (Lipinski definition) is 1. The summed E-state index contributed by atoms with van der Waals surface area (Å²) in [6.07, 6.45) is 0. The summed E-state index contributed by atoms with van der Waals surface area (Å²) in [7, 11) is 0. The Bertz CT molecular complexity index is 521. The molecule has 0 fully saturated rings. The Balaban J connectivity index is 2.51. The second-order valence-corrected chi connectivity index (χ2v) is 5.53. The molecule has 18 heavy (non-hydrogen) atoms. The molecular formula is C17H20O. The van der Waals surface area contributed by atoms with Crippen LogP contribution in [0.1, 0.15) is 26.3 Å². The van der Waals surface area contributed by atoms with E-state index in [0.29, 0.717) is 0 Å². The van der Waals surface area contributed by atoms with Crippen molar-refractivity contribution in [2.45, 2.75) is 33.3 Å². The number of aryl methyl sites for hydroxylation is 1. The van der Waals surface area contributed by atoms with Gasteiger partial charge in [-0.1, -0.05) is 48.5 Å². The summed E-state index contributed by atoms with van der Waals surface area (Å²) >= 11 is 0. The maximum atomic E-state index is 6.12. The molecule has 2 rings (SSSR count). The Morgan fingerprint density at radius 2 is 1.50 bits per heavy atom. The van der Waals surface area contributed by atoms with Crippen molar-refractivity contribution in [3.63, 3.8) is 0 Å². The SMILES string of the molecule is Cc1cccc(-c2ccccc2)c1OC(C)(C)C. The van der Waals surface area contributed by atoms with Gasteiger partial charge in [0.05, 0.1) is 0 Å². The number of benzene rings is 2.